The van der Waals surface area contributed by atoms with Crippen molar-refractivity contribution in [3.8, 4) is 0 Å². The quantitative estimate of drug-likeness (QED) is 0.604. The highest BCUT2D eigenvalue weighted by Gasteiger charge is 2.05. The molecule has 0 radical (unpaired) electrons. The lowest BCUT2D eigenvalue weighted by Gasteiger charge is -2.11. The molecule has 0 unspecified atom stereocenters. The van der Waals surface area contributed by atoms with Crippen molar-refractivity contribution in [3.05, 3.63) is 28.2 Å². The van der Waals surface area contributed by atoms with Crippen molar-refractivity contribution in [1.82, 2.24) is 0 Å². The third-order valence-electron chi connectivity index (χ3n) is 1.79. The van der Waals surface area contributed by atoms with Crippen molar-refractivity contribution in [3.63, 3.8) is 0 Å². The second kappa shape index (κ2) is 3.92. The molecule has 0 heterocycles. The topological polar surface area (TPSA) is 38.0 Å². The lowest BCUT2D eigenvalue weighted by atomic mass is 10.0. The SMILES string of the molecule is CC(C)c1cc(Br)ccc1NN. The fourth-order valence-corrected chi connectivity index (χ4v) is 1.52. The molecule has 1 rings (SSSR count). The maximum atomic E-state index is 5.37. The van der Waals surface area contributed by atoms with Crippen LogP contribution in [0.2, 0.25) is 0 Å². The second-order valence-electron chi connectivity index (χ2n) is 3.03. The van der Waals surface area contributed by atoms with Gasteiger partial charge in [0.05, 0.1) is 5.69 Å². The van der Waals surface area contributed by atoms with Crippen LogP contribution < -0.4 is 11.3 Å². The van der Waals surface area contributed by atoms with Crippen molar-refractivity contribution in [2.24, 2.45) is 5.84 Å². The van der Waals surface area contributed by atoms with E-state index in [1.54, 1.807) is 0 Å². The van der Waals surface area contributed by atoms with Gasteiger partial charge in [-0.1, -0.05) is 29.8 Å². The van der Waals surface area contributed by atoms with E-state index < -0.39 is 0 Å². The molecule has 0 aromatic heterocycles. The Morgan fingerprint density at radius 3 is 2.58 bits per heavy atom. The first-order valence-corrected chi connectivity index (χ1v) is 4.70. The number of hydrogen-bond donors (Lipinski definition) is 2. The summed E-state index contributed by atoms with van der Waals surface area (Å²) in [7, 11) is 0. The van der Waals surface area contributed by atoms with Gasteiger partial charge >= 0.3 is 0 Å². The summed E-state index contributed by atoms with van der Waals surface area (Å²) in [6, 6.07) is 6.03. The summed E-state index contributed by atoms with van der Waals surface area (Å²) < 4.78 is 1.09. The van der Waals surface area contributed by atoms with Gasteiger partial charge in [-0.2, -0.15) is 0 Å². The van der Waals surface area contributed by atoms with Crippen molar-refractivity contribution in [2.45, 2.75) is 19.8 Å². The zero-order chi connectivity index (χ0) is 9.14. The van der Waals surface area contributed by atoms with Crippen LogP contribution in [-0.4, -0.2) is 0 Å². The van der Waals surface area contributed by atoms with E-state index >= 15 is 0 Å². The number of nitrogen functional groups attached to an aromatic ring is 1. The molecule has 0 saturated carbocycles. The normalized spacial score (nSPS) is 10.4. The fraction of sp³-hybridized carbons (Fsp3) is 0.333. The van der Waals surface area contributed by atoms with Gasteiger partial charge in [0.15, 0.2) is 0 Å². The van der Waals surface area contributed by atoms with Crippen LogP contribution in [0.3, 0.4) is 0 Å². The average molecular weight is 229 g/mol. The van der Waals surface area contributed by atoms with Crippen molar-refractivity contribution in [2.75, 3.05) is 5.43 Å². The van der Waals surface area contributed by atoms with Crippen LogP contribution in [0.1, 0.15) is 25.3 Å². The molecular formula is C9H13BrN2. The summed E-state index contributed by atoms with van der Waals surface area (Å²) in [5.41, 5.74) is 4.91. The third-order valence-corrected chi connectivity index (χ3v) is 2.28. The first-order chi connectivity index (χ1) is 5.65. The predicted octanol–water partition coefficient (Wildman–Crippen LogP) is 2.86. The zero-order valence-corrected chi connectivity index (χ0v) is 8.85. The molecule has 1 aromatic rings. The molecule has 0 spiro atoms. The van der Waals surface area contributed by atoms with Gasteiger partial charge in [0, 0.05) is 4.47 Å². The summed E-state index contributed by atoms with van der Waals surface area (Å²) in [6.45, 7) is 4.28. The minimum atomic E-state index is 0.480. The standard InChI is InChI=1S/C9H13BrN2/c1-6(2)8-5-7(10)3-4-9(8)12-11/h3-6,12H,11H2,1-2H3. The van der Waals surface area contributed by atoms with Gasteiger partial charge < -0.3 is 5.43 Å². The fourth-order valence-electron chi connectivity index (χ4n) is 1.14. The number of anilines is 1. The molecule has 0 amide bonds. The maximum absolute atomic E-state index is 5.37. The van der Waals surface area contributed by atoms with Gasteiger partial charge in [-0.3, -0.25) is 5.84 Å². The molecule has 0 fully saturated rings. The Labute approximate surface area is 81.3 Å². The Morgan fingerprint density at radius 1 is 1.42 bits per heavy atom. The molecule has 0 atom stereocenters. The molecule has 3 N–H and O–H groups in total. The van der Waals surface area contributed by atoms with Gasteiger partial charge in [-0.05, 0) is 29.7 Å². The van der Waals surface area contributed by atoms with Gasteiger partial charge in [-0.15, -0.1) is 0 Å². The first-order valence-electron chi connectivity index (χ1n) is 3.91. The van der Waals surface area contributed by atoms with Gasteiger partial charge in [-0.25, -0.2) is 0 Å². The number of hydrazine groups is 1. The maximum Gasteiger partial charge on any atom is 0.0520 e. The Bertz CT molecular complexity index is 271. The highest BCUT2D eigenvalue weighted by atomic mass is 79.9. The highest BCUT2D eigenvalue weighted by molar-refractivity contribution is 9.10. The second-order valence-corrected chi connectivity index (χ2v) is 3.95. The first kappa shape index (κ1) is 9.55. The molecule has 0 bridgehead atoms. The number of rotatable bonds is 2. The van der Waals surface area contributed by atoms with E-state index in [0.29, 0.717) is 5.92 Å². The third kappa shape index (κ3) is 1.99. The lowest BCUT2D eigenvalue weighted by Crippen LogP contribution is -2.09. The van der Waals surface area contributed by atoms with Crippen LogP contribution in [0.5, 0.6) is 0 Å². The summed E-state index contributed by atoms with van der Waals surface area (Å²) in [6.07, 6.45) is 0. The number of nitrogens with one attached hydrogen (secondary N) is 1. The largest absolute Gasteiger partial charge is 0.324 e. The minimum absolute atomic E-state index is 0.480. The van der Waals surface area contributed by atoms with E-state index in [-0.39, 0.29) is 0 Å². The molecule has 0 saturated heterocycles. The van der Waals surface area contributed by atoms with Crippen LogP contribution in [0, 0.1) is 0 Å². The molecule has 0 aliphatic carbocycles. The number of benzene rings is 1. The molecule has 0 aliphatic rings. The van der Waals surface area contributed by atoms with Gasteiger partial charge in [0.25, 0.3) is 0 Å². The Morgan fingerprint density at radius 2 is 2.08 bits per heavy atom. The number of nitrogens with two attached hydrogens (primary N) is 1. The molecule has 0 aliphatic heterocycles. The van der Waals surface area contributed by atoms with E-state index in [1.807, 2.05) is 12.1 Å². The van der Waals surface area contributed by atoms with Crippen LogP contribution in [0.15, 0.2) is 22.7 Å². The number of hydrogen-bond acceptors (Lipinski definition) is 2. The molecule has 12 heavy (non-hydrogen) atoms. The van der Waals surface area contributed by atoms with E-state index in [9.17, 15) is 0 Å². The minimum Gasteiger partial charge on any atom is -0.324 e. The Hall–Kier alpha value is -0.540. The van der Waals surface area contributed by atoms with E-state index in [2.05, 4.69) is 41.3 Å². The van der Waals surface area contributed by atoms with Gasteiger partial charge in [0.2, 0.25) is 0 Å². The van der Waals surface area contributed by atoms with Crippen LogP contribution in [0.25, 0.3) is 0 Å². The monoisotopic (exact) mass is 228 g/mol. The van der Waals surface area contributed by atoms with Crippen molar-refractivity contribution >= 4 is 21.6 Å². The average Bonchev–Trinajstić information content (AvgIpc) is 2.04. The molecule has 3 heteroatoms. The van der Waals surface area contributed by atoms with E-state index in [0.717, 1.165) is 10.2 Å². The molecule has 66 valence electrons. The van der Waals surface area contributed by atoms with Crippen LogP contribution >= 0.6 is 15.9 Å². The molecule has 1 aromatic carbocycles. The summed E-state index contributed by atoms with van der Waals surface area (Å²) in [5.74, 6) is 5.85. The smallest absolute Gasteiger partial charge is 0.0520 e. The van der Waals surface area contributed by atoms with Gasteiger partial charge in [0.1, 0.15) is 0 Å². The van der Waals surface area contributed by atoms with Crippen LogP contribution in [0.4, 0.5) is 5.69 Å². The van der Waals surface area contributed by atoms with Crippen molar-refractivity contribution < 1.29 is 0 Å². The Kier molecular flexibility index (Phi) is 3.12. The van der Waals surface area contributed by atoms with Crippen molar-refractivity contribution in [1.29, 1.82) is 0 Å². The van der Waals surface area contributed by atoms with Crippen LogP contribution in [-0.2, 0) is 0 Å². The predicted molar refractivity (Wildman–Crippen MR) is 56.0 cm³/mol. The lowest BCUT2D eigenvalue weighted by molar-refractivity contribution is 0.866. The Balaban J connectivity index is 3.12. The zero-order valence-electron chi connectivity index (χ0n) is 7.26. The van der Waals surface area contributed by atoms with E-state index in [1.165, 1.54) is 5.56 Å². The molecule has 2 nitrogen and oxygen atoms in total. The van der Waals surface area contributed by atoms with E-state index in [4.69, 9.17) is 5.84 Å². The summed E-state index contributed by atoms with van der Waals surface area (Å²) in [5, 5.41) is 0. The number of halogens is 1. The summed E-state index contributed by atoms with van der Waals surface area (Å²) in [4.78, 5) is 0. The highest BCUT2D eigenvalue weighted by Crippen LogP contribution is 2.26. The molecular weight excluding hydrogens is 216 g/mol. The summed E-state index contributed by atoms with van der Waals surface area (Å²) >= 11 is 3.43.